The van der Waals surface area contributed by atoms with Gasteiger partial charge in [0.15, 0.2) is 0 Å². The van der Waals surface area contributed by atoms with Crippen molar-refractivity contribution in [2.24, 2.45) is 11.1 Å². The second-order valence-electron chi connectivity index (χ2n) is 5.15. The van der Waals surface area contributed by atoms with E-state index < -0.39 is 11.7 Å². The SMILES string of the molecule is CC(C)C[C@@H](/C=N\O)NC(=O)OC(C)(C)C. The van der Waals surface area contributed by atoms with Gasteiger partial charge in [0, 0.05) is 0 Å². The van der Waals surface area contributed by atoms with E-state index in [0.29, 0.717) is 12.3 Å². The van der Waals surface area contributed by atoms with Gasteiger partial charge in [-0.25, -0.2) is 4.79 Å². The summed E-state index contributed by atoms with van der Waals surface area (Å²) in [6, 6.07) is -0.306. The largest absolute Gasteiger partial charge is 0.444 e. The van der Waals surface area contributed by atoms with Gasteiger partial charge in [-0.1, -0.05) is 19.0 Å². The molecule has 1 atom stereocenters. The van der Waals surface area contributed by atoms with Crippen molar-refractivity contribution in [3.05, 3.63) is 0 Å². The summed E-state index contributed by atoms with van der Waals surface area (Å²) < 4.78 is 5.10. The van der Waals surface area contributed by atoms with Crippen LogP contribution in [0, 0.1) is 5.92 Å². The summed E-state index contributed by atoms with van der Waals surface area (Å²) in [5.74, 6) is 0.387. The Labute approximate surface area is 96.9 Å². The number of alkyl carbamates (subject to hydrolysis) is 1. The molecule has 0 saturated carbocycles. The van der Waals surface area contributed by atoms with Gasteiger partial charge in [0.2, 0.25) is 0 Å². The first-order valence-electron chi connectivity index (χ1n) is 5.41. The molecule has 5 heteroatoms. The van der Waals surface area contributed by atoms with E-state index >= 15 is 0 Å². The van der Waals surface area contributed by atoms with Gasteiger partial charge in [0.25, 0.3) is 0 Å². The lowest BCUT2D eigenvalue weighted by molar-refractivity contribution is 0.0515. The van der Waals surface area contributed by atoms with Crippen molar-refractivity contribution >= 4 is 12.3 Å². The summed E-state index contributed by atoms with van der Waals surface area (Å²) in [6.45, 7) is 9.43. The molecule has 0 saturated heterocycles. The van der Waals surface area contributed by atoms with E-state index in [1.165, 1.54) is 6.21 Å². The minimum atomic E-state index is -0.525. The third-order valence-electron chi connectivity index (χ3n) is 1.67. The number of carbonyl (C=O) groups is 1. The number of nitrogens with zero attached hydrogens (tertiary/aromatic N) is 1. The minimum absolute atomic E-state index is 0.306. The summed E-state index contributed by atoms with van der Waals surface area (Å²) in [5.41, 5.74) is -0.525. The fourth-order valence-electron chi connectivity index (χ4n) is 1.20. The van der Waals surface area contributed by atoms with Crippen LogP contribution in [0.15, 0.2) is 5.16 Å². The molecule has 0 aromatic heterocycles. The third-order valence-corrected chi connectivity index (χ3v) is 1.67. The van der Waals surface area contributed by atoms with Gasteiger partial charge >= 0.3 is 6.09 Å². The molecular weight excluding hydrogens is 208 g/mol. The van der Waals surface area contributed by atoms with Crippen LogP contribution in [0.3, 0.4) is 0 Å². The summed E-state index contributed by atoms with van der Waals surface area (Å²) >= 11 is 0. The first-order chi connectivity index (χ1) is 7.24. The maximum absolute atomic E-state index is 11.4. The van der Waals surface area contributed by atoms with Crippen molar-refractivity contribution in [2.75, 3.05) is 0 Å². The van der Waals surface area contributed by atoms with Gasteiger partial charge < -0.3 is 15.3 Å². The van der Waals surface area contributed by atoms with E-state index in [0.717, 1.165) is 0 Å². The summed E-state index contributed by atoms with van der Waals surface area (Å²) in [7, 11) is 0. The van der Waals surface area contributed by atoms with Gasteiger partial charge in [0.1, 0.15) is 5.60 Å². The molecule has 0 bridgehead atoms. The van der Waals surface area contributed by atoms with Crippen molar-refractivity contribution in [1.29, 1.82) is 0 Å². The zero-order valence-electron chi connectivity index (χ0n) is 10.7. The Bertz CT molecular complexity index is 244. The lowest BCUT2D eigenvalue weighted by Crippen LogP contribution is -2.40. The summed E-state index contributed by atoms with van der Waals surface area (Å²) in [6.07, 6.45) is 1.49. The van der Waals surface area contributed by atoms with Crippen molar-refractivity contribution in [1.82, 2.24) is 5.32 Å². The quantitative estimate of drug-likeness (QED) is 0.442. The van der Waals surface area contributed by atoms with Crippen LogP contribution in [0.25, 0.3) is 0 Å². The highest BCUT2D eigenvalue weighted by atomic mass is 16.6. The van der Waals surface area contributed by atoms with Gasteiger partial charge in [-0.15, -0.1) is 0 Å². The molecule has 0 fully saturated rings. The van der Waals surface area contributed by atoms with E-state index in [9.17, 15) is 4.79 Å². The fourth-order valence-corrected chi connectivity index (χ4v) is 1.20. The van der Waals surface area contributed by atoms with Crippen LogP contribution in [-0.2, 0) is 4.74 Å². The van der Waals surface area contributed by atoms with Crippen LogP contribution in [0.5, 0.6) is 0 Å². The Kier molecular flexibility index (Phi) is 5.85. The topological polar surface area (TPSA) is 70.9 Å². The predicted octanol–water partition coefficient (Wildman–Crippen LogP) is 2.39. The second-order valence-corrected chi connectivity index (χ2v) is 5.15. The minimum Gasteiger partial charge on any atom is -0.444 e. The van der Waals surface area contributed by atoms with E-state index in [4.69, 9.17) is 9.94 Å². The van der Waals surface area contributed by atoms with Gasteiger partial charge in [-0.2, -0.15) is 0 Å². The molecular formula is C11H22N2O3. The van der Waals surface area contributed by atoms with Crippen LogP contribution >= 0.6 is 0 Å². The molecule has 0 aliphatic heterocycles. The number of rotatable bonds is 4. The molecule has 0 unspecified atom stereocenters. The Balaban J connectivity index is 4.24. The molecule has 0 spiro atoms. The van der Waals surface area contributed by atoms with Crippen molar-refractivity contribution in [2.45, 2.75) is 52.7 Å². The highest BCUT2D eigenvalue weighted by Gasteiger charge is 2.19. The maximum Gasteiger partial charge on any atom is 0.408 e. The molecule has 2 N–H and O–H groups in total. The van der Waals surface area contributed by atoms with Crippen molar-refractivity contribution in [3.63, 3.8) is 0 Å². The van der Waals surface area contributed by atoms with Crippen molar-refractivity contribution in [3.8, 4) is 0 Å². The monoisotopic (exact) mass is 230 g/mol. The molecule has 0 rings (SSSR count). The van der Waals surface area contributed by atoms with Crippen LogP contribution in [-0.4, -0.2) is 29.2 Å². The predicted molar refractivity (Wildman–Crippen MR) is 62.9 cm³/mol. The summed E-state index contributed by atoms with van der Waals surface area (Å²) in [5, 5.41) is 14.1. The number of amides is 1. The lowest BCUT2D eigenvalue weighted by Gasteiger charge is -2.22. The Morgan fingerprint density at radius 1 is 1.50 bits per heavy atom. The molecule has 0 aliphatic carbocycles. The van der Waals surface area contributed by atoms with E-state index in [2.05, 4.69) is 10.5 Å². The molecule has 94 valence electrons. The fraction of sp³-hybridized carbons (Fsp3) is 0.818. The number of nitrogens with one attached hydrogen (secondary N) is 1. The van der Waals surface area contributed by atoms with E-state index in [1.54, 1.807) is 20.8 Å². The standard InChI is InChI=1S/C11H22N2O3/c1-8(2)6-9(7-12-15)13-10(14)16-11(3,4)5/h7-9,15H,6H2,1-5H3,(H,13,14)/b12-7-/t9-/m0/s1. The summed E-state index contributed by atoms with van der Waals surface area (Å²) in [4.78, 5) is 11.4. The maximum atomic E-state index is 11.4. The van der Waals surface area contributed by atoms with Gasteiger partial charge in [-0.05, 0) is 33.1 Å². The smallest absolute Gasteiger partial charge is 0.408 e. The van der Waals surface area contributed by atoms with Gasteiger partial charge in [0.05, 0.1) is 12.3 Å². The lowest BCUT2D eigenvalue weighted by atomic mass is 10.1. The average Bonchev–Trinajstić information content (AvgIpc) is 1.98. The molecule has 0 aromatic carbocycles. The molecule has 16 heavy (non-hydrogen) atoms. The highest BCUT2D eigenvalue weighted by molar-refractivity contribution is 5.75. The number of hydrogen-bond acceptors (Lipinski definition) is 4. The Morgan fingerprint density at radius 3 is 2.44 bits per heavy atom. The molecule has 1 amide bonds. The zero-order chi connectivity index (χ0) is 12.8. The average molecular weight is 230 g/mol. The Hall–Kier alpha value is -1.26. The molecule has 0 heterocycles. The van der Waals surface area contributed by atoms with Crippen LogP contribution < -0.4 is 5.32 Å². The van der Waals surface area contributed by atoms with Crippen LogP contribution in [0.1, 0.15) is 41.0 Å². The number of hydrogen-bond donors (Lipinski definition) is 2. The number of carbonyl (C=O) groups excluding carboxylic acids is 1. The first-order valence-corrected chi connectivity index (χ1v) is 5.41. The van der Waals surface area contributed by atoms with E-state index in [-0.39, 0.29) is 6.04 Å². The van der Waals surface area contributed by atoms with Crippen LogP contribution in [0.4, 0.5) is 4.79 Å². The van der Waals surface area contributed by atoms with Gasteiger partial charge in [-0.3, -0.25) is 0 Å². The second kappa shape index (κ2) is 6.35. The number of ether oxygens (including phenoxy) is 1. The number of oxime groups is 1. The van der Waals surface area contributed by atoms with Crippen molar-refractivity contribution < 1.29 is 14.7 Å². The van der Waals surface area contributed by atoms with Crippen LogP contribution in [0.2, 0.25) is 0 Å². The Morgan fingerprint density at radius 2 is 2.06 bits per heavy atom. The highest BCUT2D eigenvalue weighted by Crippen LogP contribution is 2.08. The van der Waals surface area contributed by atoms with E-state index in [1.807, 2.05) is 13.8 Å². The molecule has 0 radical (unpaired) electrons. The first kappa shape index (κ1) is 14.7. The normalized spacial score (nSPS) is 14.1. The molecule has 0 aromatic rings. The zero-order valence-corrected chi connectivity index (χ0v) is 10.7. The third kappa shape index (κ3) is 8.08. The molecule has 0 aliphatic rings. The molecule has 5 nitrogen and oxygen atoms in total.